The molecule has 1 amide bonds. The molecule has 0 saturated carbocycles. The van der Waals surface area contributed by atoms with E-state index >= 15 is 0 Å². The van der Waals surface area contributed by atoms with Gasteiger partial charge in [-0.1, -0.05) is 0 Å². The number of rotatable bonds is 5. The highest BCUT2D eigenvalue weighted by atomic mass is 32.2. The minimum Gasteiger partial charge on any atom is -0.491 e. The molecule has 126 valence electrons. The number of nitrogens with zero attached hydrogens (tertiary/aromatic N) is 2. The molecule has 1 aromatic heterocycles. The summed E-state index contributed by atoms with van der Waals surface area (Å²) < 4.78 is 34.1. The average Bonchev–Trinajstić information content (AvgIpc) is 3.01. The lowest BCUT2D eigenvalue weighted by Crippen LogP contribution is -2.39. The summed E-state index contributed by atoms with van der Waals surface area (Å²) in [7, 11) is -3.32. The summed E-state index contributed by atoms with van der Waals surface area (Å²) in [4.78, 5) is 17.8. The molecule has 0 radical (unpaired) electrons. The number of pyridine rings is 1. The lowest BCUT2D eigenvalue weighted by molar-refractivity contribution is -0.128. The molecule has 0 unspecified atom stereocenters. The molecule has 2 aliphatic heterocycles. The molecule has 1 aromatic rings. The van der Waals surface area contributed by atoms with Crippen LogP contribution in [-0.4, -0.2) is 69.1 Å². The zero-order chi connectivity index (χ0) is 16.5. The van der Waals surface area contributed by atoms with Gasteiger partial charge in [0.25, 0.3) is 0 Å². The molecule has 2 fully saturated rings. The van der Waals surface area contributed by atoms with E-state index in [1.165, 1.54) is 0 Å². The van der Waals surface area contributed by atoms with E-state index in [0.29, 0.717) is 38.7 Å². The van der Waals surface area contributed by atoms with Gasteiger partial charge in [0.2, 0.25) is 5.91 Å². The van der Waals surface area contributed by atoms with Gasteiger partial charge >= 0.3 is 0 Å². The summed E-state index contributed by atoms with van der Waals surface area (Å²) in [5, 5.41) is 0. The molecule has 3 heterocycles. The SMILES string of the molecule is CS(=O)(=O)CC(=O)N1C[C@@H]2COC[C@]2(COc2cccnc2)C1. The number of aromatic nitrogens is 1. The van der Waals surface area contributed by atoms with Gasteiger partial charge in [0, 0.05) is 31.5 Å². The van der Waals surface area contributed by atoms with Crippen molar-refractivity contribution < 1.29 is 22.7 Å². The van der Waals surface area contributed by atoms with E-state index in [2.05, 4.69) is 4.98 Å². The third-order valence-corrected chi connectivity index (χ3v) is 5.19. The summed E-state index contributed by atoms with van der Waals surface area (Å²) in [5.74, 6) is 0.0545. The molecule has 0 aromatic carbocycles. The fraction of sp³-hybridized carbons (Fsp3) is 0.600. The van der Waals surface area contributed by atoms with Crippen molar-refractivity contribution in [3.8, 4) is 5.75 Å². The van der Waals surface area contributed by atoms with Crippen molar-refractivity contribution in [2.45, 2.75) is 0 Å². The fourth-order valence-electron chi connectivity index (χ4n) is 3.20. The molecule has 23 heavy (non-hydrogen) atoms. The quantitative estimate of drug-likeness (QED) is 0.749. The van der Waals surface area contributed by atoms with Crippen molar-refractivity contribution in [2.24, 2.45) is 11.3 Å². The molecule has 3 rings (SSSR count). The lowest BCUT2D eigenvalue weighted by Gasteiger charge is -2.27. The topological polar surface area (TPSA) is 85.8 Å². The minimum atomic E-state index is -3.32. The van der Waals surface area contributed by atoms with Crippen LogP contribution >= 0.6 is 0 Å². The number of hydrogen-bond donors (Lipinski definition) is 0. The molecule has 8 heteroatoms. The van der Waals surface area contributed by atoms with Gasteiger partial charge in [-0.05, 0) is 12.1 Å². The van der Waals surface area contributed by atoms with Crippen LogP contribution < -0.4 is 4.74 Å². The van der Waals surface area contributed by atoms with Crippen molar-refractivity contribution in [2.75, 3.05) is 44.9 Å². The van der Waals surface area contributed by atoms with Gasteiger partial charge in [-0.15, -0.1) is 0 Å². The first-order chi connectivity index (χ1) is 10.9. The van der Waals surface area contributed by atoms with Crippen molar-refractivity contribution in [1.82, 2.24) is 9.88 Å². The fourth-order valence-corrected chi connectivity index (χ4v) is 3.83. The van der Waals surface area contributed by atoms with E-state index < -0.39 is 15.6 Å². The van der Waals surface area contributed by atoms with Crippen molar-refractivity contribution >= 4 is 15.7 Å². The highest BCUT2D eigenvalue weighted by Crippen LogP contribution is 2.41. The van der Waals surface area contributed by atoms with Crippen LogP contribution in [0.1, 0.15) is 0 Å². The Labute approximate surface area is 135 Å². The van der Waals surface area contributed by atoms with Crippen LogP contribution in [0.5, 0.6) is 5.75 Å². The zero-order valence-corrected chi connectivity index (χ0v) is 13.8. The number of ether oxygens (including phenoxy) is 2. The Morgan fingerprint density at radius 1 is 1.57 bits per heavy atom. The van der Waals surface area contributed by atoms with E-state index in [9.17, 15) is 13.2 Å². The minimum absolute atomic E-state index is 0.169. The second-order valence-electron chi connectivity index (χ2n) is 6.40. The summed E-state index contributed by atoms with van der Waals surface area (Å²) in [6.45, 7) is 2.49. The summed E-state index contributed by atoms with van der Waals surface area (Å²) in [6, 6.07) is 3.63. The van der Waals surface area contributed by atoms with Gasteiger partial charge < -0.3 is 14.4 Å². The number of likely N-dealkylation sites (tertiary alicyclic amines) is 1. The first-order valence-electron chi connectivity index (χ1n) is 7.44. The molecular formula is C15H20N2O5S. The Bertz CT molecular complexity index is 678. The zero-order valence-electron chi connectivity index (χ0n) is 13.0. The maximum absolute atomic E-state index is 12.2. The van der Waals surface area contributed by atoms with E-state index in [1.54, 1.807) is 23.4 Å². The first kappa shape index (κ1) is 16.2. The predicted octanol–water partition coefficient (Wildman–Crippen LogP) is -0.0200. The van der Waals surface area contributed by atoms with Crippen molar-refractivity contribution in [1.29, 1.82) is 0 Å². The molecule has 0 aliphatic carbocycles. The number of sulfone groups is 1. The largest absolute Gasteiger partial charge is 0.491 e. The van der Waals surface area contributed by atoms with Crippen LogP contribution in [0, 0.1) is 11.3 Å². The Hall–Kier alpha value is -1.67. The van der Waals surface area contributed by atoms with Crippen LogP contribution in [-0.2, 0) is 19.4 Å². The van der Waals surface area contributed by atoms with Gasteiger partial charge in [-0.25, -0.2) is 8.42 Å². The Morgan fingerprint density at radius 2 is 2.39 bits per heavy atom. The maximum atomic E-state index is 12.2. The predicted molar refractivity (Wildman–Crippen MR) is 82.8 cm³/mol. The van der Waals surface area contributed by atoms with E-state index in [4.69, 9.17) is 9.47 Å². The first-order valence-corrected chi connectivity index (χ1v) is 9.50. The van der Waals surface area contributed by atoms with Crippen LogP contribution in [0.25, 0.3) is 0 Å². The lowest BCUT2D eigenvalue weighted by atomic mass is 9.82. The molecule has 0 bridgehead atoms. The molecule has 2 atom stereocenters. The Kier molecular flexibility index (Phi) is 4.29. The van der Waals surface area contributed by atoms with E-state index in [0.717, 1.165) is 6.26 Å². The van der Waals surface area contributed by atoms with Crippen LogP contribution in [0.2, 0.25) is 0 Å². The summed E-state index contributed by atoms with van der Waals surface area (Å²) in [6.07, 6.45) is 4.39. The van der Waals surface area contributed by atoms with E-state index in [-0.39, 0.29) is 17.2 Å². The molecule has 2 aliphatic rings. The van der Waals surface area contributed by atoms with Gasteiger partial charge in [0.1, 0.15) is 11.5 Å². The molecular weight excluding hydrogens is 320 g/mol. The number of carbonyl (C=O) groups is 1. The van der Waals surface area contributed by atoms with Gasteiger partial charge in [0.05, 0.1) is 31.4 Å². The van der Waals surface area contributed by atoms with Crippen LogP contribution in [0.3, 0.4) is 0 Å². The number of amides is 1. The standard InChI is InChI=1S/C15H20N2O5S/c1-23(19,20)8-14(18)17-6-12-7-21-10-15(12,9-17)11-22-13-3-2-4-16-5-13/h2-5,12H,6-11H2,1H3/t12-,15+/m1/s1. The average molecular weight is 340 g/mol. The normalized spacial score (nSPS) is 27.0. The smallest absolute Gasteiger partial charge is 0.237 e. The maximum Gasteiger partial charge on any atom is 0.237 e. The molecule has 0 N–H and O–H groups in total. The molecule has 2 saturated heterocycles. The summed E-state index contributed by atoms with van der Waals surface area (Å²) >= 11 is 0. The van der Waals surface area contributed by atoms with E-state index in [1.807, 2.05) is 6.07 Å². The van der Waals surface area contributed by atoms with Crippen LogP contribution in [0.4, 0.5) is 0 Å². The third-order valence-electron chi connectivity index (χ3n) is 4.42. The summed E-state index contributed by atoms with van der Waals surface area (Å²) in [5.41, 5.74) is -0.275. The number of carbonyl (C=O) groups excluding carboxylic acids is 1. The molecule has 7 nitrogen and oxygen atoms in total. The van der Waals surface area contributed by atoms with Crippen molar-refractivity contribution in [3.63, 3.8) is 0 Å². The third kappa shape index (κ3) is 3.64. The van der Waals surface area contributed by atoms with Crippen LogP contribution in [0.15, 0.2) is 24.5 Å². The Morgan fingerprint density at radius 3 is 3.09 bits per heavy atom. The van der Waals surface area contributed by atoms with Gasteiger partial charge in [0.15, 0.2) is 9.84 Å². The Balaban J connectivity index is 1.67. The van der Waals surface area contributed by atoms with Crippen molar-refractivity contribution in [3.05, 3.63) is 24.5 Å². The number of hydrogen-bond acceptors (Lipinski definition) is 6. The van der Waals surface area contributed by atoms with Gasteiger partial charge in [-0.2, -0.15) is 0 Å². The highest BCUT2D eigenvalue weighted by Gasteiger charge is 2.52. The highest BCUT2D eigenvalue weighted by molar-refractivity contribution is 7.91. The van der Waals surface area contributed by atoms with Gasteiger partial charge in [-0.3, -0.25) is 9.78 Å². The monoisotopic (exact) mass is 340 g/mol. The second-order valence-corrected chi connectivity index (χ2v) is 8.54. The number of fused-ring (bicyclic) bond motifs is 1. The second kappa shape index (κ2) is 6.09. The molecule has 0 spiro atoms.